The molecule has 0 saturated heterocycles. The molecule has 2 aliphatic rings. The summed E-state index contributed by atoms with van der Waals surface area (Å²) in [6, 6.07) is 4.76. The predicted molar refractivity (Wildman–Crippen MR) is 136 cm³/mol. The zero-order chi connectivity index (χ0) is 25.8. The van der Waals surface area contributed by atoms with Crippen LogP contribution in [0, 0.1) is 19.8 Å². The first-order chi connectivity index (χ1) is 17.2. The molecule has 2 aromatic heterocycles. The maximum absolute atomic E-state index is 12.8. The lowest BCUT2D eigenvalue weighted by molar-refractivity contribution is -0.140. The van der Waals surface area contributed by atoms with Crippen molar-refractivity contribution in [1.29, 1.82) is 0 Å². The molecule has 0 aliphatic heterocycles. The number of carboxylic acid groups (broad SMARTS) is 1. The van der Waals surface area contributed by atoms with Crippen LogP contribution in [0.5, 0.6) is 0 Å². The highest BCUT2D eigenvalue weighted by atomic mass is 16.5. The number of pyridine rings is 2. The van der Waals surface area contributed by atoms with E-state index < -0.39 is 17.9 Å². The van der Waals surface area contributed by atoms with Crippen molar-refractivity contribution in [3.05, 3.63) is 62.3 Å². The lowest BCUT2D eigenvalue weighted by Crippen LogP contribution is -2.43. The Morgan fingerprint density at radius 1 is 1.22 bits per heavy atom. The van der Waals surface area contributed by atoms with Crippen molar-refractivity contribution in [3.8, 4) is 0 Å². The Labute approximate surface area is 212 Å². The fraction of sp³-hybridized carbons (Fsp3) is 0.571. The number of ether oxygens (including phenoxy) is 1. The molecule has 0 unspecified atom stereocenters. The van der Waals surface area contributed by atoms with Gasteiger partial charge < -0.3 is 19.7 Å². The van der Waals surface area contributed by atoms with E-state index >= 15 is 0 Å². The van der Waals surface area contributed by atoms with Crippen LogP contribution in [0.1, 0.15) is 77.1 Å². The van der Waals surface area contributed by atoms with E-state index in [-0.39, 0.29) is 24.7 Å². The molecule has 1 saturated carbocycles. The average molecular weight is 496 g/mol. The van der Waals surface area contributed by atoms with E-state index in [4.69, 9.17) is 9.72 Å². The van der Waals surface area contributed by atoms with E-state index in [1.54, 1.807) is 20.9 Å². The van der Waals surface area contributed by atoms with Crippen LogP contribution in [0.25, 0.3) is 0 Å². The SMILES string of the molecule is Cc1cc(=O)n(C)c(C)c1C(=O)N[C@@H](CCOC1CC(CCc2ccc3c(n2)CCCC3)C1)C(=O)O. The van der Waals surface area contributed by atoms with E-state index in [2.05, 4.69) is 17.4 Å². The minimum absolute atomic E-state index is 0.143. The van der Waals surface area contributed by atoms with Gasteiger partial charge in [-0.15, -0.1) is 0 Å². The first-order valence-corrected chi connectivity index (χ1v) is 13.0. The van der Waals surface area contributed by atoms with Crippen molar-refractivity contribution in [3.63, 3.8) is 0 Å². The molecule has 8 nitrogen and oxygen atoms in total. The molecule has 2 aliphatic carbocycles. The molecule has 8 heteroatoms. The molecule has 0 spiro atoms. The molecule has 0 aromatic carbocycles. The number of rotatable bonds is 10. The molecule has 194 valence electrons. The smallest absolute Gasteiger partial charge is 0.326 e. The van der Waals surface area contributed by atoms with Gasteiger partial charge in [-0.3, -0.25) is 14.6 Å². The zero-order valence-corrected chi connectivity index (χ0v) is 21.5. The summed E-state index contributed by atoms with van der Waals surface area (Å²) in [6.07, 6.45) is 9.13. The minimum Gasteiger partial charge on any atom is -0.480 e. The zero-order valence-electron chi connectivity index (χ0n) is 21.5. The molecule has 2 N–H and O–H groups in total. The van der Waals surface area contributed by atoms with Gasteiger partial charge in [-0.1, -0.05) is 6.07 Å². The van der Waals surface area contributed by atoms with Gasteiger partial charge in [0.25, 0.3) is 11.5 Å². The predicted octanol–water partition coefficient (Wildman–Crippen LogP) is 3.28. The van der Waals surface area contributed by atoms with Crippen molar-refractivity contribution in [1.82, 2.24) is 14.9 Å². The van der Waals surface area contributed by atoms with E-state index in [9.17, 15) is 19.5 Å². The molecule has 0 radical (unpaired) electrons. The summed E-state index contributed by atoms with van der Waals surface area (Å²) < 4.78 is 7.29. The highest BCUT2D eigenvalue weighted by Gasteiger charge is 2.30. The van der Waals surface area contributed by atoms with Crippen LogP contribution in [-0.4, -0.2) is 45.3 Å². The van der Waals surface area contributed by atoms with Gasteiger partial charge in [0.15, 0.2) is 0 Å². The number of nitrogens with zero attached hydrogens (tertiary/aromatic N) is 2. The van der Waals surface area contributed by atoms with Gasteiger partial charge in [0.1, 0.15) is 6.04 Å². The van der Waals surface area contributed by atoms with Crippen LogP contribution in [-0.2, 0) is 35.8 Å². The highest BCUT2D eigenvalue weighted by Crippen LogP contribution is 2.34. The highest BCUT2D eigenvalue weighted by molar-refractivity contribution is 5.98. The molecule has 1 fully saturated rings. The monoisotopic (exact) mass is 495 g/mol. The number of aromatic nitrogens is 2. The van der Waals surface area contributed by atoms with Gasteiger partial charge in [0.05, 0.1) is 11.7 Å². The van der Waals surface area contributed by atoms with Crippen molar-refractivity contribution in [2.45, 2.75) is 83.8 Å². The van der Waals surface area contributed by atoms with E-state index in [0.717, 1.165) is 38.5 Å². The fourth-order valence-electron chi connectivity index (χ4n) is 5.32. The van der Waals surface area contributed by atoms with Crippen LogP contribution in [0.4, 0.5) is 0 Å². The summed E-state index contributed by atoms with van der Waals surface area (Å²) in [4.78, 5) is 41.3. The number of hydrogen-bond acceptors (Lipinski definition) is 5. The summed E-state index contributed by atoms with van der Waals surface area (Å²) in [5, 5.41) is 12.2. The van der Waals surface area contributed by atoms with Crippen molar-refractivity contribution < 1.29 is 19.4 Å². The third-order valence-electron chi connectivity index (χ3n) is 7.76. The summed E-state index contributed by atoms with van der Waals surface area (Å²) >= 11 is 0. The number of aliphatic carboxylic acids is 1. The second-order valence-electron chi connectivity index (χ2n) is 10.3. The Balaban J connectivity index is 1.20. The van der Waals surface area contributed by atoms with E-state index in [1.165, 1.54) is 40.4 Å². The number of hydrogen-bond donors (Lipinski definition) is 2. The standard InChI is InChI=1S/C28H37N3O5/c1-17-14-25(32)31(3)18(2)26(17)27(33)30-24(28(34)35)12-13-36-22-15-19(16-22)8-10-21-11-9-20-6-4-5-7-23(20)29-21/h9,11,14,19,22,24H,4-8,10,12-13,15-16H2,1-3H3,(H,30,33)(H,34,35)/t19?,22?,24-/m0/s1. The molecule has 1 amide bonds. The first kappa shape index (κ1) is 26.1. The molecule has 2 aromatic rings. The molecular formula is C28H37N3O5. The Hall–Kier alpha value is -3.00. The van der Waals surface area contributed by atoms with Gasteiger partial charge in [-0.2, -0.15) is 0 Å². The molecule has 36 heavy (non-hydrogen) atoms. The van der Waals surface area contributed by atoms with Crippen LogP contribution in [0.3, 0.4) is 0 Å². The second kappa shape index (κ2) is 11.4. The Kier molecular flexibility index (Phi) is 8.24. The van der Waals surface area contributed by atoms with Crippen LogP contribution in [0.15, 0.2) is 23.0 Å². The van der Waals surface area contributed by atoms with Crippen LogP contribution < -0.4 is 10.9 Å². The maximum Gasteiger partial charge on any atom is 0.326 e. The Morgan fingerprint density at radius 3 is 2.72 bits per heavy atom. The molecule has 0 bridgehead atoms. The molecule has 2 heterocycles. The molecular weight excluding hydrogens is 458 g/mol. The summed E-state index contributed by atoms with van der Waals surface area (Å²) in [7, 11) is 1.59. The maximum atomic E-state index is 12.8. The van der Waals surface area contributed by atoms with Gasteiger partial charge in [0, 0.05) is 43.2 Å². The first-order valence-electron chi connectivity index (χ1n) is 13.0. The number of aryl methyl sites for hydroxylation is 4. The fourth-order valence-corrected chi connectivity index (χ4v) is 5.32. The number of carbonyl (C=O) groups excluding carboxylic acids is 1. The number of amides is 1. The summed E-state index contributed by atoms with van der Waals surface area (Å²) in [5.41, 5.74) is 5.04. The van der Waals surface area contributed by atoms with Crippen LogP contribution in [0.2, 0.25) is 0 Å². The van der Waals surface area contributed by atoms with Crippen LogP contribution >= 0.6 is 0 Å². The van der Waals surface area contributed by atoms with E-state index in [1.807, 2.05) is 0 Å². The molecule has 4 rings (SSSR count). The minimum atomic E-state index is -1.10. The average Bonchev–Trinajstić information content (AvgIpc) is 2.82. The van der Waals surface area contributed by atoms with Gasteiger partial charge in [-0.25, -0.2) is 4.79 Å². The number of carboxylic acids is 1. The Morgan fingerprint density at radius 2 is 1.97 bits per heavy atom. The van der Waals surface area contributed by atoms with Crippen molar-refractivity contribution in [2.75, 3.05) is 6.61 Å². The lowest BCUT2D eigenvalue weighted by atomic mass is 9.79. The van der Waals surface area contributed by atoms with Gasteiger partial charge in [-0.05, 0) is 88.3 Å². The van der Waals surface area contributed by atoms with E-state index in [0.29, 0.717) is 22.7 Å². The topological polar surface area (TPSA) is 111 Å². The molecule has 1 atom stereocenters. The van der Waals surface area contributed by atoms with Gasteiger partial charge in [0.2, 0.25) is 0 Å². The lowest BCUT2D eigenvalue weighted by Gasteiger charge is -2.35. The largest absolute Gasteiger partial charge is 0.480 e. The second-order valence-corrected chi connectivity index (χ2v) is 10.3. The normalized spacial score (nSPS) is 19.8. The summed E-state index contributed by atoms with van der Waals surface area (Å²) in [6.45, 7) is 3.63. The third-order valence-corrected chi connectivity index (χ3v) is 7.76. The third kappa shape index (κ3) is 6.03. The number of fused-ring (bicyclic) bond motifs is 1. The quantitative estimate of drug-likeness (QED) is 0.523. The van der Waals surface area contributed by atoms with Gasteiger partial charge >= 0.3 is 5.97 Å². The Bertz CT molecular complexity index is 1180. The summed E-state index contributed by atoms with van der Waals surface area (Å²) in [5.74, 6) is -0.984. The van der Waals surface area contributed by atoms with Crippen molar-refractivity contribution in [2.24, 2.45) is 13.0 Å². The number of carbonyl (C=O) groups is 2. The van der Waals surface area contributed by atoms with Crippen molar-refractivity contribution >= 4 is 11.9 Å². The number of nitrogens with one attached hydrogen (secondary N) is 1.